The molecule has 0 amide bonds. The number of nitrogens with two attached hydrogens (primary N) is 1. The maximum atomic E-state index is 9.12. The molecule has 0 radical (unpaired) electrons. The molecule has 5 heteroatoms. The Hall–Kier alpha value is -0.840. The molecule has 3 nitrogen and oxygen atoms in total. The Balaban J connectivity index is 2.18. The molecular weight excluding hydrogens is 256 g/mol. The average molecular weight is 271 g/mol. The summed E-state index contributed by atoms with van der Waals surface area (Å²) in [6, 6.07) is 5.71. The molecule has 1 heterocycles. The van der Waals surface area contributed by atoms with Crippen molar-refractivity contribution in [2.75, 3.05) is 24.6 Å². The molecule has 1 saturated heterocycles. The average Bonchev–Trinajstić information content (AvgIpc) is 2.76. The second kappa shape index (κ2) is 5.21. The number of halogens is 1. The summed E-state index contributed by atoms with van der Waals surface area (Å²) in [7, 11) is 0. The number of benzene rings is 1. The summed E-state index contributed by atoms with van der Waals surface area (Å²) in [5.41, 5.74) is 7.33. The Bertz CT molecular complexity index is 439. The summed E-state index contributed by atoms with van der Waals surface area (Å²) in [6.45, 7) is 2.07. The number of thiocarbonyl (C=S) groups is 1. The van der Waals surface area contributed by atoms with Gasteiger partial charge >= 0.3 is 0 Å². The molecule has 1 atom stereocenters. The van der Waals surface area contributed by atoms with Gasteiger partial charge in [0.05, 0.1) is 5.02 Å². The third-order valence-corrected chi connectivity index (χ3v) is 3.66. The van der Waals surface area contributed by atoms with E-state index < -0.39 is 0 Å². The van der Waals surface area contributed by atoms with E-state index in [1.54, 1.807) is 0 Å². The van der Waals surface area contributed by atoms with E-state index in [0.717, 1.165) is 25.2 Å². The highest BCUT2D eigenvalue weighted by Gasteiger charge is 2.22. The largest absolute Gasteiger partial charge is 0.396 e. The van der Waals surface area contributed by atoms with Crippen molar-refractivity contribution in [1.82, 2.24) is 0 Å². The lowest BCUT2D eigenvalue weighted by atomic mass is 10.1. The van der Waals surface area contributed by atoms with Gasteiger partial charge in [0.25, 0.3) is 0 Å². The van der Waals surface area contributed by atoms with Crippen LogP contribution >= 0.6 is 23.8 Å². The van der Waals surface area contributed by atoms with E-state index in [2.05, 4.69) is 4.90 Å². The van der Waals surface area contributed by atoms with E-state index in [-0.39, 0.29) is 6.61 Å². The van der Waals surface area contributed by atoms with Crippen LogP contribution < -0.4 is 10.6 Å². The molecule has 17 heavy (non-hydrogen) atoms. The zero-order valence-electron chi connectivity index (χ0n) is 9.40. The molecule has 1 aromatic rings. The molecule has 2 rings (SSSR count). The summed E-state index contributed by atoms with van der Waals surface area (Å²) in [4.78, 5) is 2.53. The minimum Gasteiger partial charge on any atom is -0.396 e. The Morgan fingerprint density at radius 2 is 2.35 bits per heavy atom. The van der Waals surface area contributed by atoms with Crippen LogP contribution in [0.15, 0.2) is 18.2 Å². The predicted molar refractivity (Wildman–Crippen MR) is 74.7 cm³/mol. The minimum atomic E-state index is 0.245. The Kier molecular flexibility index (Phi) is 3.86. The van der Waals surface area contributed by atoms with Gasteiger partial charge in [-0.05, 0) is 24.6 Å². The van der Waals surface area contributed by atoms with Crippen LogP contribution in [0.25, 0.3) is 0 Å². The second-order valence-electron chi connectivity index (χ2n) is 4.31. The highest BCUT2D eigenvalue weighted by atomic mass is 35.5. The fourth-order valence-corrected chi connectivity index (χ4v) is 2.63. The van der Waals surface area contributed by atoms with Crippen molar-refractivity contribution < 1.29 is 5.11 Å². The molecule has 3 N–H and O–H groups in total. The van der Waals surface area contributed by atoms with Gasteiger partial charge < -0.3 is 15.7 Å². The predicted octanol–water partition coefficient (Wildman–Crippen LogP) is 1.79. The number of rotatable bonds is 3. The highest BCUT2D eigenvalue weighted by Crippen LogP contribution is 2.28. The monoisotopic (exact) mass is 270 g/mol. The first kappa shape index (κ1) is 12.6. The van der Waals surface area contributed by atoms with Gasteiger partial charge in [0.1, 0.15) is 4.99 Å². The molecule has 1 fully saturated rings. The van der Waals surface area contributed by atoms with Gasteiger partial charge in [-0.25, -0.2) is 0 Å². The summed E-state index contributed by atoms with van der Waals surface area (Å²) in [5, 5.41) is 9.70. The molecule has 1 aliphatic heterocycles. The molecule has 1 unspecified atom stereocenters. The molecule has 92 valence electrons. The van der Waals surface area contributed by atoms with Crippen molar-refractivity contribution in [1.29, 1.82) is 0 Å². The lowest BCUT2D eigenvalue weighted by Gasteiger charge is -2.19. The van der Waals surface area contributed by atoms with Crippen molar-refractivity contribution in [3.63, 3.8) is 0 Å². The third kappa shape index (κ3) is 2.70. The summed E-state index contributed by atoms with van der Waals surface area (Å²) < 4.78 is 0. The number of hydrogen-bond donors (Lipinski definition) is 2. The zero-order chi connectivity index (χ0) is 12.4. The Labute approximate surface area is 111 Å². The maximum absolute atomic E-state index is 9.12. The van der Waals surface area contributed by atoms with Gasteiger partial charge in [0, 0.05) is 36.9 Å². The van der Waals surface area contributed by atoms with Crippen molar-refractivity contribution in [2.45, 2.75) is 6.42 Å². The van der Waals surface area contributed by atoms with Crippen molar-refractivity contribution in [2.24, 2.45) is 11.7 Å². The van der Waals surface area contributed by atoms with E-state index >= 15 is 0 Å². The molecule has 0 bridgehead atoms. The van der Waals surface area contributed by atoms with Crippen LogP contribution in [0.4, 0.5) is 5.69 Å². The van der Waals surface area contributed by atoms with Gasteiger partial charge in [0.15, 0.2) is 0 Å². The van der Waals surface area contributed by atoms with Crippen molar-refractivity contribution in [3.8, 4) is 0 Å². The van der Waals surface area contributed by atoms with Crippen LogP contribution in [0.3, 0.4) is 0 Å². The SMILES string of the molecule is NC(=S)c1ccc(N2CCC(CO)C2)cc1Cl. The van der Waals surface area contributed by atoms with E-state index in [4.69, 9.17) is 34.7 Å². The van der Waals surface area contributed by atoms with E-state index in [0.29, 0.717) is 21.5 Å². The van der Waals surface area contributed by atoms with Gasteiger partial charge in [-0.3, -0.25) is 0 Å². The molecule has 1 aliphatic rings. The fourth-order valence-electron chi connectivity index (χ4n) is 2.12. The van der Waals surface area contributed by atoms with Crippen LogP contribution in [0, 0.1) is 5.92 Å². The topological polar surface area (TPSA) is 49.5 Å². The lowest BCUT2D eigenvalue weighted by Crippen LogP contribution is -2.21. The van der Waals surface area contributed by atoms with Crippen LogP contribution in [-0.4, -0.2) is 29.8 Å². The first-order valence-electron chi connectivity index (χ1n) is 5.57. The Morgan fingerprint density at radius 1 is 1.59 bits per heavy atom. The number of aliphatic hydroxyl groups is 1. The number of anilines is 1. The molecule has 0 aliphatic carbocycles. The maximum Gasteiger partial charge on any atom is 0.105 e. The molecule has 0 aromatic heterocycles. The van der Waals surface area contributed by atoms with E-state index in [9.17, 15) is 0 Å². The summed E-state index contributed by atoms with van der Waals surface area (Å²) in [5.74, 6) is 0.365. The second-order valence-corrected chi connectivity index (χ2v) is 5.16. The standard InChI is InChI=1S/C12H15ClN2OS/c13-11-5-9(1-2-10(11)12(14)17)15-4-3-8(6-15)7-16/h1-2,5,8,16H,3-4,6-7H2,(H2,14,17). The van der Waals surface area contributed by atoms with E-state index in [1.807, 2.05) is 18.2 Å². The van der Waals surface area contributed by atoms with Crippen molar-refractivity contribution in [3.05, 3.63) is 28.8 Å². The molecule has 1 aromatic carbocycles. The Morgan fingerprint density at radius 3 is 2.88 bits per heavy atom. The lowest BCUT2D eigenvalue weighted by molar-refractivity contribution is 0.238. The minimum absolute atomic E-state index is 0.245. The number of aliphatic hydroxyl groups excluding tert-OH is 1. The van der Waals surface area contributed by atoms with Crippen molar-refractivity contribution >= 4 is 34.5 Å². The number of hydrogen-bond acceptors (Lipinski definition) is 3. The first-order chi connectivity index (χ1) is 8.11. The van der Waals surface area contributed by atoms with E-state index in [1.165, 1.54) is 0 Å². The van der Waals surface area contributed by atoms with Crippen LogP contribution in [-0.2, 0) is 0 Å². The van der Waals surface area contributed by atoms with Gasteiger partial charge in [-0.2, -0.15) is 0 Å². The van der Waals surface area contributed by atoms with Crippen LogP contribution in [0.5, 0.6) is 0 Å². The normalized spacial score (nSPS) is 19.6. The number of nitrogens with zero attached hydrogens (tertiary/aromatic N) is 1. The molecular formula is C12H15ClN2OS. The fraction of sp³-hybridized carbons (Fsp3) is 0.417. The zero-order valence-corrected chi connectivity index (χ0v) is 11.0. The molecule has 0 spiro atoms. The van der Waals surface area contributed by atoms with Gasteiger partial charge in [-0.15, -0.1) is 0 Å². The van der Waals surface area contributed by atoms with Crippen LogP contribution in [0.2, 0.25) is 5.02 Å². The summed E-state index contributed by atoms with van der Waals surface area (Å²) >= 11 is 11.0. The summed E-state index contributed by atoms with van der Waals surface area (Å²) in [6.07, 6.45) is 1.02. The molecule has 0 saturated carbocycles. The highest BCUT2D eigenvalue weighted by molar-refractivity contribution is 7.80. The van der Waals surface area contributed by atoms with Gasteiger partial charge in [-0.1, -0.05) is 23.8 Å². The van der Waals surface area contributed by atoms with Crippen LogP contribution in [0.1, 0.15) is 12.0 Å². The quantitative estimate of drug-likeness (QED) is 0.823. The smallest absolute Gasteiger partial charge is 0.105 e. The van der Waals surface area contributed by atoms with Gasteiger partial charge in [0.2, 0.25) is 0 Å². The first-order valence-corrected chi connectivity index (χ1v) is 6.35. The third-order valence-electron chi connectivity index (χ3n) is 3.13.